The van der Waals surface area contributed by atoms with Crippen molar-refractivity contribution in [3.63, 3.8) is 0 Å². The number of carbonyl (C=O) groups is 3. The molecule has 1 fully saturated rings. The Hall–Kier alpha value is -3.23. The highest BCUT2D eigenvalue weighted by Crippen LogP contribution is 2.27. The highest BCUT2D eigenvalue weighted by molar-refractivity contribution is 7.80. The summed E-state index contributed by atoms with van der Waals surface area (Å²) in [5.74, 6) is -1.11. The van der Waals surface area contributed by atoms with Gasteiger partial charge in [-0.3, -0.25) is 24.6 Å². The quantitative estimate of drug-likeness (QED) is 0.433. The molecule has 148 valence electrons. The number of para-hydroxylation sites is 1. The minimum atomic E-state index is -0.577. The highest BCUT2D eigenvalue weighted by atomic mass is 35.5. The molecule has 2 N–H and O–H groups in total. The van der Waals surface area contributed by atoms with Crippen molar-refractivity contribution in [3.05, 3.63) is 64.7 Å². The van der Waals surface area contributed by atoms with E-state index in [1.807, 2.05) is 18.2 Å². The standard InChI is InChI=1S/C20H16ClN3O4S/c1-24-19(27)14(18(26)23-20(24)29)9-12-7-8-16(15(21)10-12)28-11-17(25)22-13-5-3-2-4-6-13/h2-10H,11H2,1H3,(H,22,25)(H,23,26,29)/b14-9+. The van der Waals surface area contributed by atoms with Gasteiger partial charge in [0.2, 0.25) is 0 Å². The van der Waals surface area contributed by atoms with E-state index in [1.54, 1.807) is 24.3 Å². The molecule has 0 atom stereocenters. The maximum absolute atomic E-state index is 12.2. The number of amides is 3. The molecule has 0 aromatic heterocycles. The Bertz CT molecular complexity index is 1020. The summed E-state index contributed by atoms with van der Waals surface area (Å²) in [6.45, 7) is -0.224. The van der Waals surface area contributed by atoms with E-state index in [0.29, 0.717) is 17.0 Å². The molecule has 2 aromatic rings. The zero-order valence-corrected chi connectivity index (χ0v) is 16.8. The molecule has 0 bridgehead atoms. The van der Waals surface area contributed by atoms with Crippen LogP contribution in [0.3, 0.4) is 0 Å². The van der Waals surface area contributed by atoms with Gasteiger partial charge in [-0.1, -0.05) is 35.9 Å². The van der Waals surface area contributed by atoms with E-state index in [2.05, 4.69) is 10.6 Å². The third kappa shape index (κ3) is 4.98. The second kappa shape index (κ2) is 8.85. The average Bonchev–Trinajstić information content (AvgIpc) is 2.69. The van der Waals surface area contributed by atoms with Gasteiger partial charge in [-0.15, -0.1) is 0 Å². The summed E-state index contributed by atoms with van der Waals surface area (Å²) >= 11 is 11.1. The summed E-state index contributed by atoms with van der Waals surface area (Å²) in [5, 5.41) is 5.42. The minimum Gasteiger partial charge on any atom is -0.482 e. The number of halogens is 1. The van der Waals surface area contributed by atoms with E-state index in [0.717, 1.165) is 0 Å². The Morgan fingerprint density at radius 1 is 1.24 bits per heavy atom. The van der Waals surface area contributed by atoms with Crippen molar-refractivity contribution in [2.75, 3.05) is 19.0 Å². The van der Waals surface area contributed by atoms with E-state index in [9.17, 15) is 14.4 Å². The van der Waals surface area contributed by atoms with Crippen molar-refractivity contribution in [1.29, 1.82) is 0 Å². The molecule has 29 heavy (non-hydrogen) atoms. The van der Waals surface area contributed by atoms with Crippen molar-refractivity contribution >= 4 is 58.4 Å². The first-order valence-electron chi connectivity index (χ1n) is 8.47. The molecule has 0 unspecified atom stereocenters. The van der Waals surface area contributed by atoms with Gasteiger partial charge >= 0.3 is 0 Å². The Morgan fingerprint density at radius 3 is 2.66 bits per heavy atom. The third-order valence-electron chi connectivity index (χ3n) is 3.99. The lowest BCUT2D eigenvalue weighted by atomic mass is 10.1. The summed E-state index contributed by atoms with van der Waals surface area (Å²) in [4.78, 5) is 37.4. The topological polar surface area (TPSA) is 87.7 Å². The third-order valence-corrected chi connectivity index (χ3v) is 4.66. The van der Waals surface area contributed by atoms with Crippen LogP contribution in [-0.2, 0) is 14.4 Å². The normalized spacial score (nSPS) is 15.3. The van der Waals surface area contributed by atoms with Crippen LogP contribution in [0.2, 0.25) is 5.02 Å². The molecular weight excluding hydrogens is 414 g/mol. The van der Waals surface area contributed by atoms with Crippen molar-refractivity contribution < 1.29 is 19.1 Å². The first kappa shape index (κ1) is 20.5. The predicted octanol–water partition coefficient (Wildman–Crippen LogP) is 2.61. The van der Waals surface area contributed by atoms with Gasteiger partial charge in [0.25, 0.3) is 17.7 Å². The first-order valence-corrected chi connectivity index (χ1v) is 9.26. The lowest BCUT2D eigenvalue weighted by Gasteiger charge is -2.25. The Labute approximate surface area is 177 Å². The second-order valence-electron chi connectivity index (χ2n) is 6.07. The number of benzene rings is 2. The zero-order chi connectivity index (χ0) is 21.0. The summed E-state index contributed by atoms with van der Waals surface area (Å²) < 4.78 is 5.45. The van der Waals surface area contributed by atoms with Crippen molar-refractivity contribution in [3.8, 4) is 5.75 Å². The number of carbonyl (C=O) groups excluding carboxylic acids is 3. The number of nitrogens with zero attached hydrogens (tertiary/aromatic N) is 1. The van der Waals surface area contributed by atoms with E-state index in [1.165, 1.54) is 24.1 Å². The zero-order valence-electron chi connectivity index (χ0n) is 15.3. The number of thiocarbonyl (C=S) groups is 1. The van der Waals surface area contributed by atoms with E-state index >= 15 is 0 Å². The fourth-order valence-electron chi connectivity index (χ4n) is 2.50. The molecule has 3 rings (SSSR count). The Morgan fingerprint density at radius 2 is 1.97 bits per heavy atom. The van der Waals surface area contributed by atoms with Crippen LogP contribution >= 0.6 is 23.8 Å². The number of ether oxygens (including phenoxy) is 1. The Kier molecular flexibility index (Phi) is 6.26. The molecule has 1 aliphatic rings. The molecule has 9 heteroatoms. The lowest BCUT2D eigenvalue weighted by Crippen LogP contribution is -2.52. The first-order chi connectivity index (χ1) is 13.8. The molecular formula is C20H16ClN3O4S. The molecule has 0 radical (unpaired) electrons. The molecule has 1 heterocycles. The monoisotopic (exact) mass is 429 g/mol. The Balaban J connectivity index is 1.67. The number of anilines is 1. The van der Waals surface area contributed by atoms with Crippen LogP contribution in [0.25, 0.3) is 6.08 Å². The van der Waals surface area contributed by atoms with Crippen LogP contribution in [-0.4, -0.2) is 41.4 Å². The summed E-state index contributed by atoms with van der Waals surface area (Å²) in [7, 11) is 1.47. The number of hydrogen-bond donors (Lipinski definition) is 2. The minimum absolute atomic E-state index is 0.0488. The fourth-order valence-corrected chi connectivity index (χ4v) is 2.92. The molecule has 7 nitrogen and oxygen atoms in total. The average molecular weight is 430 g/mol. The van der Waals surface area contributed by atoms with Crippen LogP contribution in [0.15, 0.2) is 54.1 Å². The lowest BCUT2D eigenvalue weighted by molar-refractivity contribution is -0.128. The van der Waals surface area contributed by atoms with Gasteiger partial charge in [0.05, 0.1) is 5.02 Å². The smallest absolute Gasteiger partial charge is 0.265 e. The fraction of sp³-hybridized carbons (Fsp3) is 0.100. The van der Waals surface area contributed by atoms with Gasteiger partial charge in [-0.05, 0) is 48.1 Å². The van der Waals surface area contributed by atoms with Crippen LogP contribution in [0.1, 0.15) is 5.56 Å². The van der Waals surface area contributed by atoms with Gasteiger partial charge < -0.3 is 10.1 Å². The maximum Gasteiger partial charge on any atom is 0.265 e. The number of rotatable bonds is 5. The van der Waals surface area contributed by atoms with Gasteiger partial charge in [0.15, 0.2) is 11.7 Å². The SMILES string of the molecule is CN1C(=O)/C(=C/c2ccc(OCC(=O)Nc3ccccc3)c(Cl)c2)C(=O)NC1=S. The summed E-state index contributed by atoms with van der Waals surface area (Å²) in [6, 6.07) is 13.7. The molecule has 1 saturated heterocycles. The van der Waals surface area contributed by atoms with Crippen molar-refractivity contribution in [2.45, 2.75) is 0 Å². The number of hydrogen-bond acceptors (Lipinski definition) is 5. The summed E-state index contributed by atoms with van der Waals surface area (Å²) in [6.07, 6.45) is 1.41. The molecule has 1 aliphatic heterocycles. The number of likely N-dealkylation sites (N-methyl/N-ethyl adjacent to an activating group) is 1. The molecule has 0 saturated carbocycles. The van der Waals surface area contributed by atoms with Crippen molar-refractivity contribution in [1.82, 2.24) is 10.2 Å². The maximum atomic E-state index is 12.2. The predicted molar refractivity (Wildman–Crippen MR) is 114 cm³/mol. The van der Waals surface area contributed by atoms with E-state index in [4.69, 9.17) is 28.6 Å². The van der Waals surface area contributed by atoms with Crippen LogP contribution in [0.5, 0.6) is 5.75 Å². The largest absolute Gasteiger partial charge is 0.482 e. The van der Waals surface area contributed by atoms with E-state index in [-0.39, 0.29) is 28.2 Å². The second-order valence-corrected chi connectivity index (χ2v) is 6.87. The van der Waals surface area contributed by atoms with Crippen LogP contribution < -0.4 is 15.4 Å². The van der Waals surface area contributed by atoms with Crippen LogP contribution in [0, 0.1) is 0 Å². The molecule has 2 aromatic carbocycles. The van der Waals surface area contributed by atoms with Gasteiger partial charge in [-0.25, -0.2) is 0 Å². The number of nitrogens with one attached hydrogen (secondary N) is 2. The van der Waals surface area contributed by atoms with Gasteiger partial charge in [-0.2, -0.15) is 0 Å². The molecule has 0 spiro atoms. The summed E-state index contributed by atoms with van der Waals surface area (Å²) in [5.41, 5.74) is 1.12. The molecule has 0 aliphatic carbocycles. The highest BCUT2D eigenvalue weighted by Gasteiger charge is 2.30. The van der Waals surface area contributed by atoms with Gasteiger partial charge in [0.1, 0.15) is 11.3 Å². The van der Waals surface area contributed by atoms with Crippen LogP contribution in [0.4, 0.5) is 5.69 Å². The van der Waals surface area contributed by atoms with E-state index < -0.39 is 11.8 Å². The van der Waals surface area contributed by atoms with Gasteiger partial charge in [0, 0.05) is 12.7 Å². The van der Waals surface area contributed by atoms with Crippen molar-refractivity contribution in [2.24, 2.45) is 0 Å². The molecule has 3 amide bonds.